The van der Waals surface area contributed by atoms with Gasteiger partial charge in [0.05, 0.1) is 0 Å². The molecule has 0 spiro atoms. The first-order valence-electron chi connectivity index (χ1n) is 8.17. The summed E-state index contributed by atoms with van der Waals surface area (Å²) in [7, 11) is -3.62. The second-order valence-electron chi connectivity index (χ2n) is 5.68. The van der Waals surface area contributed by atoms with Crippen LogP contribution in [-0.4, -0.2) is 55.8 Å². The number of carbonyl (C=O) groups is 1. The van der Waals surface area contributed by atoms with E-state index in [4.69, 9.17) is 5.73 Å². The predicted molar refractivity (Wildman–Crippen MR) is 100 cm³/mol. The van der Waals surface area contributed by atoms with Gasteiger partial charge in [0.2, 0.25) is 10.0 Å². The van der Waals surface area contributed by atoms with E-state index in [0.717, 1.165) is 42.1 Å². The number of carbonyl (C=O) groups excluding carboxylic acids is 1. The van der Waals surface area contributed by atoms with E-state index in [1.165, 1.54) is 10.4 Å². The van der Waals surface area contributed by atoms with Crippen LogP contribution in [0.25, 0.3) is 0 Å². The first kappa shape index (κ1) is 19.7. The van der Waals surface area contributed by atoms with Gasteiger partial charge < -0.3 is 11.1 Å². The lowest BCUT2D eigenvalue weighted by Crippen LogP contribution is -2.41. The molecule has 6 nitrogen and oxygen atoms in total. The Kier molecular flexibility index (Phi) is 7.55. The molecule has 0 saturated carbocycles. The van der Waals surface area contributed by atoms with Crippen molar-refractivity contribution in [3.05, 3.63) is 16.3 Å². The Labute approximate surface area is 152 Å². The highest BCUT2D eigenvalue weighted by Gasteiger charge is 2.31. The molecular formula is C15H25N3O3S3. The Morgan fingerprint density at radius 3 is 2.75 bits per heavy atom. The zero-order valence-corrected chi connectivity index (χ0v) is 16.3. The number of rotatable bonds is 8. The molecule has 1 aromatic heterocycles. The lowest BCUT2D eigenvalue weighted by molar-refractivity contribution is 0.0936. The summed E-state index contributed by atoms with van der Waals surface area (Å²) in [5.41, 5.74) is 5.72. The molecule has 0 bridgehead atoms. The van der Waals surface area contributed by atoms with Crippen LogP contribution in [0.2, 0.25) is 0 Å². The minimum atomic E-state index is -3.62. The van der Waals surface area contributed by atoms with E-state index in [1.807, 2.05) is 0 Å². The van der Waals surface area contributed by atoms with Gasteiger partial charge in [0.1, 0.15) is 9.77 Å². The molecule has 9 heteroatoms. The maximum Gasteiger partial charge on any atom is 0.263 e. The highest BCUT2D eigenvalue weighted by atomic mass is 32.2. The van der Waals surface area contributed by atoms with E-state index < -0.39 is 10.0 Å². The minimum absolute atomic E-state index is 0.114. The van der Waals surface area contributed by atoms with E-state index in [-0.39, 0.29) is 21.7 Å². The topological polar surface area (TPSA) is 92.5 Å². The molecule has 0 aliphatic carbocycles. The summed E-state index contributed by atoms with van der Waals surface area (Å²) in [6.45, 7) is 3.41. The van der Waals surface area contributed by atoms with Gasteiger partial charge in [-0.05, 0) is 17.9 Å². The summed E-state index contributed by atoms with van der Waals surface area (Å²) in [5, 5.41) is 4.54. The van der Waals surface area contributed by atoms with Gasteiger partial charge in [-0.15, -0.1) is 11.3 Å². The van der Waals surface area contributed by atoms with Gasteiger partial charge in [0.25, 0.3) is 5.91 Å². The fraction of sp³-hybridized carbons (Fsp3) is 0.667. The Morgan fingerprint density at radius 2 is 2.12 bits per heavy atom. The summed E-state index contributed by atoms with van der Waals surface area (Å²) < 4.78 is 27.1. The quantitative estimate of drug-likeness (QED) is 0.704. The third kappa shape index (κ3) is 4.72. The lowest BCUT2D eigenvalue weighted by Gasteiger charge is -2.25. The maximum absolute atomic E-state index is 12.8. The highest BCUT2D eigenvalue weighted by molar-refractivity contribution is 7.99. The van der Waals surface area contributed by atoms with Crippen molar-refractivity contribution in [2.24, 2.45) is 5.73 Å². The van der Waals surface area contributed by atoms with Gasteiger partial charge in [-0.2, -0.15) is 16.1 Å². The Balaban J connectivity index is 2.15. The summed E-state index contributed by atoms with van der Waals surface area (Å²) in [5.74, 6) is 1.23. The van der Waals surface area contributed by atoms with E-state index in [2.05, 4.69) is 12.2 Å². The van der Waals surface area contributed by atoms with Crippen LogP contribution >= 0.6 is 23.1 Å². The fourth-order valence-corrected chi connectivity index (χ4v) is 6.42. The van der Waals surface area contributed by atoms with Crippen molar-refractivity contribution >= 4 is 39.0 Å². The first-order chi connectivity index (χ1) is 11.5. The average molecular weight is 392 g/mol. The van der Waals surface area contributed by atoms with Crippen LogP contribution < -0.4 is 11.1 Å². The van der Waals surface area contributed by atoms with Gasteiger partial charge in [0, 0.05) is 37.2 Å². The molecule has 0 radical (unpaired) electrons. The van der Waals surface area contributed by atoms with Crippen molar-refractivity contribution < 1.29 is 13.2 Å². The van der Waals surface area contributed by atoms with Crippen LogP contribution in [0.5, 0.6) is 0 Å². The van der Waals surface area contributed by atoms with Crippen molar-refractivity contribution in [1.29, 1.82) is 0 Å². The lowest BCUT2D eigenvalue weighted by atomic mass is 10.1. The van der Waals surface area contributed by atoms with Gasteiger partial charge in [0.15, 0.2) is 0 Å². The van der Waals surface area contributed by atoms with Crippen molar-refractivity contribution in [3.8, 4) is 0 Å². The van der Waals surface area contributed by atoms with Crippen LogP contribution in [0.1, 0.15) is 35.9 Å². The molecule has 1 aliphatic heterocycles. The number of thioether (sulfide) groups is 1. The number of nitrogens with one attached hydrogen (secondary N) is 1. The normalized spacial score (nSPS) is 17.6. The molecule has 3 N–H and O–H groups in total. The summed E-state index contributed by atoms with van der Waals surface area (Å²) in [6.07, 6.45) is 2.80. The monoisotopic (exact) mass is 391 g/mol. The molecule has 24 heavy (non-hydrogen) atoms. The van der Waals surface area contributed by atoms with Crippen LogP contribution in [0.3, 0.4) is 0 Å². The van der Waals surface area contributed by atoms with E-state index in [0.29, 0.717) is 19.6 Å². The molecule has 1 atom stereocenters. The molecule has 0 aromatic carbocycles. The van der Waals surface area contributed by atoms with Crippen LogP contribution in [0.15, 0.2) is 16.3 Å². The second-order valence-corrected chi connectivity index (χ2v) is 9.73. The third-order valence-electron chi connectivity index (χ3n) is 3.95. The molecular weight excluding hydrogens is 366 g/mol. The number of thiophene rings is 1. The zero-order chi connectivity index (χ0) is 17.6. The number of hydrogen-bond acceptors (Lipinski definition) is 6. The standard InChI is InChI=1S/C15H25N3O3S3/c1-2-3-4-12(11-16)17-15(19)14-13(5-8-23-14)24(20,21)18-6-9-22-10-7-18/h5,8,12H,2-4,6-7,9-11,16H2,1H3,(H,17,19). The second kappa shape index (κ2) is 9.19. The van der Waals surface area contributed by atoms with Crippen LogP contribution in [0, 0.1) is 0 Å². The SMILES string of the molecule is CCCCC(CN)NC(=O)c1sccc1S(=O)(=O)N1CCSCC1. The first-order valence-corrected chi connectivity index (χ1v) is 11.6. The summed E-state index contributed by atoms with van der Waals surface area (Å²) in [6, 6.07) is 1.40. The highest BCUT2D eigenvalue weighted by Crippen LogP contribution is 2.27. The molecule has 1 aromatic rings. The van der Waals surface area contributed by atoms with E-state index >= 15 is 0 Å². The van der Waals surface area contributed by atoms with Gasteiger partial charge in [-0.25, -0.2) is 8.42 Å². The predicted octanol–water partition coefficient (Wildman–Crippen LogP) is 1.73. The Bertz CT molecular complexity index is 639. The number of nitrogens with zero attached hydrogens (tertiary/aromatic N) is 1. The van der Waals surface area contributed by atoms with Gasteiger partial charge >= 0.3 is 0 Å². The van der Waals surface area contributed by atoms with Gasteiger partial charge in [-0.1, -0.05) is 19.8 Å². The van der Waals surface area contributed by atoms with E-state index in [1.54, 1.807) is 17.1 Å². The molecule has 136 valence electrons. The molecule has 1 aliphatic rings. The molecule has 1 unspecified atom stereocenters. The van der Waals surface area contributed by atoms with E-state index in [9.17, 15) is 13.2 Å². The molecule has 2 heterocycles. The van der Waals surface area contributed by atoms with Gasteiger partial charge in [-0.3, -0.25) is 4.79 Å². The number of hydrogen-bond donors (Lipinski definition) is 2. The smallest absolute Gasteiger partial charge is 0.263 e. The number of unbranched alkanes of at least 4 members (excludes halogenated alkanes) is 1. The maximum atomic E-state index is 12.8. The third-order valence-corrected chi connectivity index (χ3v) is 7.87. The average Bonchev–Trinajstić information content (AvgIpc) is 3.10. The number of amides is 1. The Hall–Kier alpha value is -0.610. The number of sulfonamides is 1. The summed E-state index contributed by atoms with van der Waals surface area (Å²) in [4.78, 5) is 12.9. The largest absolute Gasteiger partial charge is 0.347 e. The van der Waals surface area contributed by atoms with Crippen LogP contribution in [0.4, 0.5) is 0 Å². The zero-order valence-electron chi connectivity index (χ0n) is 13.9. The summed E-state index contributed by atoms with van der Waals surface area (Å²) >= 11 is 2.91. The molecule has 1 saturated heterocycles. The minimum Gasteiger partial charge on any atom is -0.347 e. The molecule has 1 amide bonds. The fourth-order valence-electron chi connectivity index (χ4n) is 2.54. The Morgan fingerprint density at radius 1 is 1.42 bits per heavy atom. The van der Waals surface area contributed by atoms with Crippen molar-refractivity contribution in [2.45, 2.75) is 37.1 Å². The van der Waals surface area contributed by atoms with Crippen LogP contribution in [-0.2, 0) is 10.0 Å². The number of nitrogens with two attached hydrogens (primary N) is 1. The van der Waals surface area contributed by atoms with Crippen molar-refractivity contribution in [2.75, 3.05) is 31.1 Å². The van der Waals surface area contributed by atoms with Crippen molar-refractivity contribution in [1.82, 2.24) is 9.62 Å². The molecule has 1 fully saturated rings. The molecule has 2 rings (SSSR count). The van der Waals surface area contributed by atoms with Crippen molar-refractivity contribution in [3.63, 3.8) is 0 Å².